The van der Waals surface area contributed by atoms with Crippen molar-refractivity contribution in [3.8, 4) is 0 Å². The summed E-state index contributed by atoms with van der Waals surface area (Å²) in [7, 11) is 0. The minimum atomic E-state index is -0.730. The number of oxime groups is 1. The van der Waals surface area contributed by atoms with E-state index < -0.39 is 6.10 Å². The van der Waals surface area contributed by atoms with Gasteiger partial charge in [0.2, 0.25) is 6.10 Å². The Morgan fingerprint density at radius 2 is 2.06 bits per heavy atom. The van der Waals surface area contributed by atoms with Crippen molar-refractivity contribution >= 4 is 56.6 Å². The summed E-state index contributed by atoms with van der Waals surface area (Å²) in [5, 5.41) is 16.7. The maximum Gasteiger partial charge on any atom is 0.269 e. The van der Waals surface area contributed by atoms with Gasteiger partial charge in [0.05, 0.1) is 32.5 Å². The van der Waals surface area contributed by atoms with E-state index >= 15 is 0 Å². The van der Waals surface area contributed by atoms with Gasteiger partial charge in [-0.3, -0.25) is 14.2 Å². The molecule has 1 atom stereocenters. The van der Waals surface area contributed by atoms with Gasteiger partial charge in [-0.05, 0) is 47.5 Å². The summed E-state index contributed by atoms with van der Waals surface area (Å²) >= 11 is 15.5. The zero-order valence-corrected chi connectivity index (χ0v) is 19.9. The third-order valence-corrected chi connectivity index (χ3v) is 6.15. The van der Waals surface area contributed by atoms with Crippen LogP contribution in [0.5, 0.6) is 0 Å². The monoisotopic (exact) mass is 524 g/mol. The SMILES string of the molecule is CCn1cc(C2=NOC(C(=O)Nc3nn(Cc4ccc(Cl)c(Cl)c4)cc3Br)C2)c(C)n1. The Morgan fingerprint density at radius 3 is 2.77 bits per heavy atom. The lowest BCUT2D eigenvalue weighted by Crippen LogP contribution is -2.28. The first-order valence-electron chi connectivity index (χ1n) is 9.59. The predicted octanol–water partition coefficient (Wildman–Crippen LogP) is 4.66. The molecule has 8 nitrogen and oxygen atoms in total. The summed E-state index contributed by atoms with van der Waals surface area (Å²) < 4.78 is 4.18. The van der Waals surface area contributed by atoms with E-state index in [-0.39, 0.29) is 5.91 Å². The van der Waals surface area contributed by atoms with Gasteiger partial charge in [-0.1, -0.05) is 34.4 Å². The second kappa shape index (κ2) is 9.02. The number of amides is 1. The minimum Gasteiger partial charge on any atom is -0.382 e. The van der Waals surface area contributed by atoms with Gasteiger partial charge in [0.1, 0.15) is 0 Å². The molecule has 0 aliphatic carbocycles. The van der Waals surface area contributed by atoms with Crippen LogP contribution in [-0.2, 0) is 22.7 Å². The molecule has 4 rings (SSSR count). The Kier molecular flexibility index (Phi) is 6.36. The number of hydrogen-bond donors (Lipinski definition) is 1. The van der Waals surface area contributed by atoms with Crippen LogP contribution in [-0.4, -0.2) is 37.3 Å². The van der Waals surface area contributed by atoms with Gasteiger partial charge < -0.3 is 10.2 Å². The van der Waals surface area contributed by atoms with Crippen LogP contribution >= 0.6 is 39.1 Å². The average Bonchev–Trinajstić information content (AvgIpc) is 3.44. The Bertz CT molecular complexity index is 1170. The molecule has 3 heterocycles. The lowest BCUT2D eigenvalue weighted by atomic mass is 10.1. The first-order valence-corrected chi connectivity index (χ1v) is 11.1. The van der Waals surface area contributed by atoms with Crippen molar-refractivity contribution in [3.05, 3.63) is 61.9 Å². The van der Waals surface area contributed by atoms with Gasteiger partial charge in [0.25, 0.3) is 5.91 Å². The number of carbonyl (C=O) groups excluding carboxylic acids is 1. The van der Waals surface area contributed by atoms with E-state index in [9.17, 15) is 4.79 Å². The van der Waals surface area contributed by atoms with Crippen molar-refractivity contribution in [2.75, 3.05) is 5.32 Å². The molecule has 11 heteroatoms. The van der Waals surface area contributed by atoms with E-state index in [1.165, 1.54) is 0 Å². The Balaban J connectivity index is 1.40. The smallest absolute Gasteiger partial charge is 0.269 e. The standard InChI is InChI=1S/C20H19BrCl2N6O2/c1-3-28-9-13(11(2)25-28)17-7-18(31-27-17)20(30)24-19-14(21)10-29(26-19)8-12-4-5-15(22)16(23)6-12/h4-6,9-10,18H,3,7-8H2,1-2H3,(H,24,26,30). The van der Waals surface area contributed by atoms with Crippen LogP contribution < -0.4 is 5.32 Å². The van der Waals surface area contributed by atoms with Gasteiger partial charge in [0, 0.05) is 30.9 Å². The Morgan fingerprint density at radius 1 is 1.26 bits per heavy atom. The molecule has 1 aromatic carbocycles. The van der Waals surface area contributed by atoms with Crippen LogP contribution in [0.2, 0.25) is 10.0 Å². The third kappa shape index (κ3) is 4.78. The van der Waals surface area contributed by atoms with E-state index in [2.05, 4.69) is 36.6 Å². The second-order valence-electron chi connectivity index (χ2n) is 7.08. The first-order chi connectivity index (χ1) is 14.8. The van der Waals surface area contributed by atoms with Crippen molar-refractivity contribution in [3.63, 3.8) is 0 Å². The Hall–Kier alpha value is -2.36. The normalized spacial score (nSPS) is 15.6. The molecule has 0 saturated carbocycles. The Labute approximate surface area is 197 Å². The highest BCUT2D eigenvalue weighted by atomic mass is 79.9. The zero-order valence-electron chi connectivity index (χ0n) is 16.8. The highest BCUT2D eigenvalue weighted by Crippen LogP contribution is 2.26. The summed E-state index contributed by atoms with van der Waals surface area (Å²) in [6.45, 7) is 5.16. The van der Waals surface area contributed by atoms with Crippen molar-refractivity contribution in [1.29, 1.82) is 0 Å². The topological polar surface area (TPSA) is 86.3 Å². The molecule has 1 N–H and O–H groups in total. The fraction of sp³-hybridized carbons (Fsp3) is 0.300. The number of nitrogens with one attached hydrogen (secondary N) is 1. The maximum absolute atomic E-state index is 12.7. The molecule has 0 radical (unpaired) electrons. The highest BCUT2D eigenvalue weighted by molar-refractivity contribution is 9.10. The van der Waals surface area contributed by atoms with E-state index in [4.69, 9.17) is 28.0 Å². The molecule has 1 amide bonds. The lowest BCUT2D eigenvalue weighted by molar-refractivity contribution is -0.125. The van der Waals surface area contributed by atoms with Crippen molar-refractivity contribution in [2.45, 2.75) is 39.5 Å². The molecule has 0 saturated heterocycles. The van der Waals surface area contributed by atoms with Crippen molar-refractivity contribution in [1.82, 2.24) is 19.6 Å². The van der Waals surface area contributed by atoms with Crippen molar-refractivity contribution < 1.29 is 9.63 Å². The number of carbonyl (C=O) groups is 1. The van der Waals surface area contributed by atoms with Gasteiger partial charge in [-0.15, -0.1) is 0 Å². The molecular weight excluding hydrogens is 507 g/mol. The molecule has 2 aromatic heterocycles. The number of rotatable bonds is 6. The molecular formula is C20H19BrCl2N6O2. The van der Waals surface area contributed by atoms with Crippen LogP contribution in [0.1, 0.15) is 30.2 Å². The molecule has 1 aliphatic rings. The molecule has 0 spiro atoms. The fourth-order valence-electron chi connectivity index (χ4n) is 3.23. The summed E-state index contributed by atoms with van der Waals surface area (Å²) in [6, 6.07) is 5.39. The molecule has 31 heavy (non-hydrogen) atoms. The van der Waals surface area contributed by atoms with Gasteiger partial charge in [0.15, 0.2) is 5.82 Å². The molecule has 3 aromatic rings. The summed E-state index contributed by atoms with van der Waals surface area (Å²) in [4.78, 5) is 18.1. The second-order valence-corrected chi connectivity index (χ2v) is 8.75. The van der Waals surface area contributed by atoms with Gasteiger partial charge >= 0.3 is 0 Å². The predicted molar refractivity (Wildman–Crippen MR) is 123 cm³/mol. The number of benzene rings is 1. The first kappa shape index (κ1) is 21.9. The fourth-order valence-corrected chi connectivity index (χ4v) is 3.96. The van der Waals surface area contributed by atoms with E-state index in [1.807, 2.05) is 30.8 Å². The third-order valence-electron chi connectivity index (χ3n) is 4.83. The number of halogens is 3. The number of nitrogens with zero attached hydrogens (tertiary/aromatic N) is 5. The van der Waals surface area contributed by atoms with Gasteiger partial charge in [-0.2, -0.15) is 10.2 Å². The quantitative estimate of drug-likeness (QED) is 0.507. The molecule has 1 unspecified atom stereocenters. The average molecular weight is 526 g/mol. The maximum atomic E-state index is 12.7. The number of hydrogen-bond acceptors (Lipinski definition) is 5. The van der Waals surface area contributed by atoms with Crippen molar-refractivity contribution in [2.24, 2.45) is 5.16 Å². The zero-order chi connectivity index (χ0) is 22.1. The molecule has 1 aliphatic heterocycles. The van der Waals surface area contributed by atoms with Crippen LogP contribution in [0.3, 0.4) is 0 Å². The van der Waals surface area contributed by atoms with Crippen LogP contribution in [0.25, 0.3) is 0 Å². The minimum absolute atomic E-state index is 0.320. The number of aryl methyl sites for hydroxylation is 2. The van der Waals surface area contributed by atoms with Crippen LogP contribution in [0.15, 0.2) is 40.2 Å². The van der Waals surface area contributed by atoms with E-state index in [0.717, 1.165) is 23.4 Å². The van der Waals surface area contributed by atoms with Crippen LogP contribution in [0.4, 0.5) is 5.82 Å². The van der Waals surface area contributed by atoms with Gasteiger partial charge in [-0.25, -0.2) is 0 Å². The summed E-state index contributed by atoms with van der Waals surface area (Å²) in [6.07, 6.45) is 3.33. The number of anilines is 1. The molecule has 162 valence electrons. The molecule has 0 fully saturated rings. The van der Waals surface area contributed by atoms with E-state index in [0.29, 0.717) is 39.0 Å². The molecule has 0 bridgehead atoms. The number of aromatic nitrogens is 4. The lowest BCUT2D eigenvalue weighted by Gasteiger charge is -2.08. The van der Waals surface area contributed by atoms with Crippen LogP contribution in [0, 0.1) is 6.92 Å². The summed E-state index contributed by atoms with van der Waals surface area (Å²) in [5.74, 6) is 0.0804. The largest absolute Gasteiger partial charge is 0.382 e. The summed E-state index contributed by atoms with van der Waals surface area (Å²) in [5.41, 5.74) is 3.39. The highest BCUT2D eigenvalue weighted by Gasteiger charge is 2.31. The van der Waals surface area contributed by atoms with E-state index in [1.54, 1.807) is 23.0 Å².